The van der Waals surface area contributed by atoms with Crippen molar-refractivity contribution in [2.24, 2.45) is 5.73 Å². The zero-order valence-corrected chi connectivity index (χ0v) is 15.0. The van der Waals surface area contributed by atoms with Crippen LogP contribution < -0.4 is 5.73 Å². The molecule has 1 aromatic carbocycles. The molecule has 1 aliphatic heterocycles. The Labute approximate surface area is 148 Å². The number of primary amides is 1. The van der Waals surface area contributed by atoms with E-state index < -0.39 is 6.03 Å². The van der Waals surface area contributed by atoms with Gasteiger partial charge in [0.1, 0.15) is 0 Å². The minimum Gasteiger partial charge on any atom is -0.351 e. The molecule has 0 bridgehead atoms. The largest absolute Gasteiger partial charge is 0.351 e. The Morgan fingerprint density at radius 3 is 2.58 bits per heavy atom. The van der Waals surface area contributed by atoms with Crippen molar-refractivity contribution in [1.29, 1.82) is 0 Å². The number of nitrogens with two attached hydrogens (primary N) is 1. The Hall–Kier alpha value is -2.15. The second kappa shape index (κ2) is 6.76. The molecule has 2 heterocycles. The van der Waals surface area contributed by atoms with E-state index in [0.29, 0.717) is 31.7 Å². The average Bonchev–Trinajstić information content (AvgIpc) is 2.80. The second-order valence-electron chi connectivity index (χ2n) is 5.94. The molecule has 0 atom stereocenters. The summed E-state index contributed by atoms with van der Waals surface area (Å²) in [6, 6.07) is 7.13. The molecule has 0 aliphatic carbocycles. The molecule has 24 heavy (non-hydrogen) atoms. The van der Waals surface area contributed by atoms with Crippen LogP contribution in [0.5, 0.6) is 0 Å². The van der Waals surface area contributed by atoms with E-state index in [4.69, 9.17) is 5.73 Å². The van der Waals surface area contributed by atoms with Gasteiger partial charge in [-0.2, -0.15) is 0 Å². The summed E-state index contributed by atoms with van der Waals surface area (Å²) in [6.45, 7) is 4.03. The van der Waals surface area contributed by atoms with Gasteiger partial charge in [-0.3, -0.25) is 9.78 Å². The highest BCUT2D eigenvalue weighted by Crippen LogP contribution is 2.24. The van der Waals surface area contributed by atoms with Crippen molar-refractivity contribution in [3.05, 3.63) is 40.0 Å². The fourth-order valence-corrected chi connectivity index (χ4v) is 3.38. The van der Waals surface area contributed by atoms with Gasteiger partial charge in [0, 0.05) is 41.7 Å². The standard InChI is InChI=1S/C17H19BrN4O2/c1-11-9-14(13-10-12(18)3-4-15(13)20-11)16(23)21-5-2-6-22(8-7-21)17(19)24/h3-4,9-10H,2,5-8H2,1H3,(H2,19,24). The molecule has 1 aliphatic rings. The van der Waals surface area contributed by atoms with Gasteiger partial charge in [-0.05, 0) is 37.6 Å². The molecule has 3 amide bonds. The normalized spacial score (nSPS) is 15.4. The molecule has 3 rings (SSSR count). The van der Waals surface area contributed by atoms with E-state index >= 15 is 0 Å². The number of aryl methyl sites for hydroxylation is 1. The van der Waals surface area contributed by atoms with Gasteiger partial charge in [0.15, 0.2) is 0 Å². The van der Waals surface area contributed by atoms with E-state index in [-0.39, 0.29) is 5.91 Å². The van der Waals surface area contributed by atoms with Gasteiger partial charge >= 0.3 is 6.03 Å². The van der Waals surface area contributed by atoms with Crippen LogP contribution in [0, 0.1) is 6.92 Å². The number of hydrogen-bond acceptors (Lipinski definition) is 3. The molecule has 126 valence electrons. The van der Waals surface area contributed by atoms with E-state index in [0.717, 1.165) is 27.5 Å². The van der Waals surface area contributed by atoms with E-state index in [2.05, 4.69) is 20.9 Å². The third-order valence-electron chi connectivity index (χ3n) is 4.22. The van der Waals surface area contributed by atoms with Gasteiger partial charge in [-0.25, -0.2) is 4.79 Å². The number of aromatic nitrogens is 1. The molecule has 0 spiro atoms. The maximum atomic E-state index is 13.1. The zero-order chi connectivity index (χ0) is 17.3. The topological polar surface area (TPSA) is 79.5 Å². The maximum absolute atomic E-state index is 13.1. The van der Waals surface area contributed by atoms with Gasteiger partial charge in [0.25, 0.3) is 5.91 Å². The molecule has 2 N–H and O–H groups in total. The van der Waals surface area contributed by atoms with Crippen LogP contribution in [0.2, 0.25) is 0 Å². The molecule has 0 saturated carbocycles. The van der Waals surface area contributed by atoms with Crippen molar-refractivity contribution >= 4 is 38.8 Å². The number of urea groups is 1. The van der Waals surface area contributed by atoms with Crippen LogP contribution in [0.1, 0.15) is 22.5 Å². The number of pyridine rings is 1. The fraction of sp³-hybridized carbons (Fsp3) is 0.353. The van der Waals surface area contributed by atoms with Crippen LogP contribution in [-0.2, 0) is 0 Å². The molecule has 2 aromatic rings. The predicted molar refractivity (Wildman–Crippen MR) is 95.9 cm³/mol. The second-order valence-corrected chi connectivity index (χ2v) is 6.86. The molecule has 7 heteroatoms. The summed E-state index contributed by atoms with van der Waals surface area (Å²) in [5.41, 5.74) is 7.60. The van der Waals surface area contributed by atoms with E-state index in [1.165, 1.54) is 0 Å². The number of rotatable bonds is 1. The summed E-state index contributed by atoms with van der Waals surface area (Å²) >= 11 is 3.46. The first-order valence-electron chi connectivity index (χ1n) is 7.86. The van der Waals surface area contributed by atoms with Crippen molar-refractivity contribution in [3.63, 3.8) is 0 Å². The lowest BCUT2D eigenvalue weighted by atomic mass is 10.1. The molecule has 1 fully saturated rings. The Balaban J connectivity index is 1.93. The van der Waals surface area contributed by atoms with Crippen molar-refractivity contribution in [2.75, 3.05) is 26.2 Å². The quantitative estimate of drug-likeness (QED) is 0.812. The van der Waals surface area contributed by atoms with Crippen molar-refractivity contribution < 1.29 is 9.59 Å². The van der Waals surface area contributed by atoms with Crippen LogP contribution in [0.25, 0.3) is 10.9 Å². The van der Waals surface area contributed by atoms with Gasteiger partial charge < -0.3 is 15.5 Å². The number of nitrogens with zero attached hydrogens (tertiary/aromatic N) is 3. The molecule has 1 aromatic heterocycles. The maximum Gasteiger partial charge on any atom is 0.314 e. The highest BCUT2D eigenvalue weighted by Gasteiger charge is 2.23. The monoisotopic (exact) mass is 390 g/mol. The van der Waals surface area contributed by atoms with Crippen molar-refractivity contribution in [3.8, 4) is 0 Å². The van der Waals surface area contributed by atoms with Crippen molar-refractivity contribution in [1.82, 2.24) is 14.8 Å². The lowest BCUT2D eigenvalue weighted by Gasteiger charge is -2.22. The molecule has 6 nitrogen and oxygen atoms in total. The summed E-state index contributed by atoms with van der Waals surface area (Å²) in [4.78, 5) is 32.3. The number of fused-ring (bicyclic) bond motifs is 1. The smallest absolute Gasteiger partial charge is 0.314 e. The van der Waals surface area contributed by atoms with Gasteiger partial charge in [-0.15, -0.1) is 0 Å². The highest BCUT2D eigenvalue weighted by molar-refractivity contribution is 9.10. The highest BCUT2D eigenvalue weighted by atomic mass is 79.9. The van der Waals surface area contributed by atoms with E-state index in [1.807, 2.05) is 31.2 Å². The van der Waals surface area contributed by atoms with Gasteiger partial charge in [-0.1, -0.05) is 15.9 Å². The summed E-state index contributed by atoms with van der Waals surface area (Å²) in [6.07, 6.45) is 0.723. The Morgan fingerprint density at radius 1 is 1.12 bits per heavy atom. The van der Waals surface area contributed by atoms with Crippen LogP contribution in [-0.4, -0.2) is 52.9 Å². The van der Waals surface area contributed by atoms with Crippen molar-refractivity contribution in [2.45, 2.75) is 13.3 Å². The van der Waals surface area contributed by atoms with Gasteiger partial charge in [0.05, 0.1) is 11.1 Å². The lowest BCUT2D eigenvalue weighted by molar-refractivity contribution is 0.0764. The van der Waals surface area contributed by atoms with E-state index in [1.54, 1.807) is 9.80 Å². The minimum absolute atomic E-state index is 0.0325. The number of carbonyl (C=O) groups is 2. The number of halogens is 1. The Morgan fingerprint density at radius 2 is 1.83 bits per heavy atom. The summed E-state index contributed by atoms with van der Waals surface area (Å²) in [5, 5.41) is 0.830. The van der Waals surface area contributed by atoms with Gasteiger partial charge in [0.2, 0.25) is 0 Å². The minimum atomic E-state index is -0.432. The van der Waals surface area contributed by atoms with Crippen LogP contribution in [0.3, 0.4) is 0 Å². The summed E-state index contributed by atoms with van der Waals surface area (Å²) < 4.78 is 0.908. The number of carbonyl (C=O) groups excluding carboxylic acids is 2. The average molecular weight is 391 g/mol. The number of hydrogen-bond donors (Lipinski definition) is 1. The van der Waals surface area contributed by atoms with Crippen LogP contribution in [0.15, 0.2) is 28.7 Å². The first kappa shape index (κ1) is 16.7. The number of benzene rings is 1. The van der Waals surface area contributed by atoms with Crippen LogP contribution >= 0.6 is 15.9 Å². The predicted octanol–water partition coefficient (Wildman–Crippen LogP) is 2.53. The molecular formula is C17H19BrN4O2. The molecule has 0 unspecified atom stereocenters. The Bertz CT molecular complexity index is 809. The first-order valence-corrected chi connectivity index (χ1v) is 8.65. The third-order valence-corrected chi connectivity index (χ3v) is 4.72. The van der Waals surface area contributed by atoms with E-state index in [9.17, 15) is 9.59 Å². The molecule has 1 saturated heterocycles. The SMILES string of the molecule is Cc1cc(C(=O)N2CCCN(C(N)=O)CC2)c2cc(Br)ccc2n1. The summed E-state index contributed by atoms with van der Waals surface area (Å²) in [7, 11) is 0. The fourth-order valence-electron chi connectivity index (χ4n) is 3.02. The first-order chi connectivity index (χ1) is 11.5. The number of amides is 3. The lowest BCUT2D eigenvalue weighted by Crippen LogP contribution is -2.39. The Kier molecular flexibility index (Phi) is 4.71. The molecular weight excluding hydrogens is 372 g/mol. The zero-order valence-electron chi connectivity index (χ0n) is 13.5. The third kappa shape index (κ3) is 3.36. The summed E-state index contributed by atoms with van der Waals surface area (Å²) in [5.74, 6) is -0.0325. The molecule has 0 radical (unpaired) electrons. The van der Waals surface area contributed by atoms with Crippen LogP contribution in [0.4, 0.5) is 4.79 Å².